The van der Waals surface area contributed by atoms with E-state index in [1.54, 1.807) is 36.2 Å². The summed E-state index contributed by atoms with van der Waals surface area (Å²) in [5.74, 6) is 1.19. The summed E-state index contributed by atoms with van der Waals surface area (Å²) in [7, 11) is 3.47. The molecule has 0 spiro atoms. The normalized spacial score (nSPS) is 18.9. The zero-order chi connectivity index (χ0) is 26.6. The number of anilines is 2. The second-order valence-electron chi connectivity index (χ2n) is 9.50. The van der Waals surface area contributed by atoms with Gasteiger partial charge in [0.15, 0.2) is 5.58 Å². The number of pyridine rings is 1. The maximum atomic E-state index is 13.1. The largest absolute Gasteiger partial charge is 0.497 e. The number of ether oxygens (including phenoxy) is 2. The molecule has 196 valence electrons. The molecule has 3 unspecified atom stereocenters. The van der Waals surface area contributed by atoms with Gasteiger partial charge < -0.3 is 24.9 Å². The summed E-state index contributed by atoms with van der Waals surface area (Å²) in [6, 6.07) is 10.3. The number of methoxy groups -OCH3 is 1. The van der Waals surface area contributed by atoms with E-state index in [1.807, 2.05) is 32.2 Å². The van der Waals surface area contributed by atoms with Crippen molar-refractivity contribution in [2.75, 3.05) is 19.0 Å². The van der Waals surface area contributed by atoms with Crippen LogP contribution < -0.4 is 21.1 Å². The minimum atomic E-state index is -0.927. The average molecular weight is 518 g/mol. The molecule has 0 aliphatic carbocycles. The summed E-state index contributed by atoms with van der Waals surface area (Å²) >= 11 is 0. The van der Waals surface area contributed by atoms with Gasteiger partial charge in [0.1, 0.15) is 46.9 Å². The lowest BCUT2D eigenvalue weighted by atomic mass is 9.97. The molecule has 1 saturated heterocycles. The number of carbonyl (C=O) groups is 2. The smallest absolute Gasteiger partial charge is 0.318 e. The number of urea groups is 1. The standard InChI is InChI=1S/C26H27N7O5/c1-13-10-28-32(2)23(13)30-21-7-6-19-18(29-21)9-20(37-19)17(24(34)31-26(27)35)12-33-11-14-4-5-15(36-3)8-16(14)22-25(33)38-22/h4-10,17,22,25H,11-12H2,1-3H3,(H,29,30)(H3,27,31,34,35). The molecular weight excluding hydrogens is 490 g/mol. The number of aromatic nitrogens is 3. The molecule has 2 aliphatic rings. The number of aryl methyl sites for hydroxylation is 2. The zero-order valence-corrected chi connectivity index (χ0v) is 21.1. The molecule has 0 saturated carbocycles. The number of epoxide rings is 1. The molecule has 12 heteroatoms. The summed E-state index contributed by atoms with van der Waals surface area (Å²) in [5.41, 5.74) is 9.51. The minimum Gasteiger partial charge on any atom is -0.497 e. The molecule has 3 atom stereocenters. The van der Waals surface area contributed by atoms with Gasteiger partial charge in [-0.1, -0.05) is 6.07 Å². The van der Waals surface area contributed by atoms with Crippen LogP contribution in [0.15, 0.2) is 47.0 Å². The number of nitrogens with zero attached hydrogens (tertiary/aromatic N) is 4. The maximum absolute atomic E-state index is 13.1. The van der Waals surface area contributed by atoms with Crippen LogP contribution in [0.2, 0.25) is 0 Å². The Morgan fingerprint density at radius 1 is 1.26 bits per heavy atom. The van der Waals surface area contributed by atoms with E-state index < -0.39 is 17.9 Å². The van der Waals surface area contributed by atoms with Gasteiger partial charge in [-0.05, 0) is 42.3 Å². The predicted octanol–water partition coefficient (Wildman–Crippen LogP) is 2.81. The minimum absolute atomic E-state index is 0.102. The van der Waals surface area contributed by atoms with Gasteiger partial charge in [-0.3, -0.25) is 19.7 Å². The fourth-order valence-corrected chi connectivity index (χ4v) is 4.97. The fourth-order valence-electron chi connectivity index (χ4n) is 4.97. The number of amides is 3. The number of nitrogens with one attached hydrogen (secondary N) is 2. The Hall–Kier alpha value is -4.42. The first kappa shape index (κ1) is 23.9. The van der Waals surface area contributed by atoms with Crippen LogP contribution in [0.25, 0.3) is 11.1 Å². The number of hydrogen-bond acceptors (Lipinski definition) is 9. The number of furan rings is 1. The second kappa shape index (κ2) is 9.15. The summed E-state index contributed by atoms with van der Waals surface area (Å²) in [6.45, 7) is 2.78. The van der Waals surface area contributed by atoms with Crippen molar-refractivity contribution in [1.82, 2.24) is 25.0 Å². The van der Waals surface area contributed by atoms with Crippen molar-refractivity contribution in [3.8, 4) is 5.75 Å². The molecule has 3 aromatic heterocycles. The highest BCUT2D eigenvalue weighted by Gasteiger charge is 2.50. The number of rotatable bonds is 7. The summed E-state index contributed by atoms with van der Waals surface area (Å²) in [4.78, 5) is 31.4. The van der Waals surface area contributed by atoms with Gasteiger partial charge in [0.2, 0.25) is 5.91 Å². The lowest BCUT2D eigenvalue weighted by molar-refractivity contribution is -0.122. The van der Waals surface area contributed by atoms with Crippen LogP contribution >= 0.6 is 0 Å². The highest BCUT2D eigenvalue weighted by molar-refractivity contribution is 5.97. The molecular formula is C26H27N7O5. The van der Waals surface area contributed by atoms with E-state index in [1.165, 1.54) is 0 Å². The number of fused-ring (bicyclic) bond motifs is 4. The lowest BCUT2D eigenvalue weighted by Gasteiger charge is -2.28. The van der Waals surface area contributed by atoms with Gasteiger partial charge in [0.25, 0.3) is 0 Å². The molecule has 1 fully saturated rings. The summed E-state index contributed by atoms with van der Waals surface area (Å²) in [6.07, 6.45) is 1.48. The first-order valence-corrected chi connectivity index (χ1v) is 12.1. The molecule has 0 radical (unpaired) electrons. The predicted molar refractivity (Wildman–Crippen MR) is 137 cm³/mol. The summed E-state index contributed by atoms with van der Waals surface area (Å²) in [5, 5.41) is 9.71. The Morgan fingerprint density at radius 3 is 2.84 bits per heavy atom. The van der Waals surface area contributed by atoms with Crippen LogP contribution in [0, 0.1) is 6.92 Å². The molecule has 6 rings (SSSR count). The highest BCUT2D eigenvalue weighted by atomic mass is 16.6. The maximum Gasteiger partial charge on any atom is 0.318 e. The third-order valence-corrected chi connectivity index (χ3v) is 6.95. The van der Waals surface area contributed by atoms with Crippen molar-refractivity contribution >= 4 is 34.7 Å². The molecule has 5 heterocycles. The third kappa shape index (κ3) is 4.33. The van der Waals surface area contributed by atoms with E-state index in [0.717, 1.165) is 28.3 Å². The number of hydrogen-bond donors (Lipinski definition) is 3. The number of benzene rings is 1. The Kier molecular flexibility index (Phi) is 5.77. The molecule has 38 heavy (non-hydrogen) atoms. The van der Waals surface area contributed by atoms with E-state index in [-0.39, 0.29) is 18.9 Å². The van der Waals surface area contributed by atoms with Gasteiger partial charge in [0, 0.05) is 31.8 Å². The van der Waals surface area contributed by atoms with Crippen molar-refractivity contribution in [3.63, 3.8) is 0 Å². The Balaban J connectivity index is 1.28. The monoisotopic (exact) mass is 517 g/mol. The van der Waals surface area contributed by atoms with E-state index in [9.17, 15) is 9.59 Å². The molecule has 2 aliphatic heterocycles. The van der Waals surface area contributed by atoms with E-state index in [2.05, 4.69) is 25.6 Å². The first-order chi connectivity index (χ1) is 18.3. The highest BCUT2D eigenvalue weighted by Crippen LogP contribution is 2.48. The zero-order valence-electron chi connectivity index (χ0n) is 21.1. The quantitative estimate of drug-likeness (QED) is 0.314. The Bertz CT molecular complexity index is 1540. The third-order valence-electron chi connectivity index (χ3n) is 6.95. The van der Waals surface area contributed by atoms with Crippen LogP contribution in [0.5, 0.6) is 5.75 Å². The molecule has 12 nitrogen and oxygen atoms in total. The summed E-state index contributed by atoms with van der Waals surface area (Å²) < 4.78 is 19.1. The number of nitrogens with two attached hydrogens (primary N) is 1. The first-order valence-electron chi connectivity index (χ1n) is 12.1. The van der Waals surface area contributed by atoms with E-state index in [4.69, 9.17) is 19.6 Å². The lowest BCUT2D eigenvalue weighted by Crippen LogP contribution is -2.43. The van der Waals surface area contributed by atoms with Gasteiger partial charge in [-0.25, -0.2) is 9.78 Å². The van der Waals surface area contributed by atoms with Gasteiger partial charge >= 0.3 is 6.03 Å². The number of primary amides is 1. The Morgan fingerprint density at radius 2 is 2.11 bits per heavy atom. The van der Waals surface area contributed by atoms with Crippen molar-refractivity contribution in [3.05, 3.63) is 65.0 Å². The second-order valence-corrected chi connectivity index (χ2v) is 9.50. The van der Waals surface area contributed by atoms with Crippen LogP contribution in [0.4, 0.5) is 16.4 Å². The SMILES string of the molecule is COc1ccc2c(c1)C1OC1N(CC(C(=O)NC(N)=O)c1cc3nc(Nc4c(C)cnn4C)ccc3o1)C2. The molecule has 4 N–H and O–H groups in total. The van der Waals surface area contributed by atoms with Crippen molar-refractivity contribution in [1.29, 1.82) is 0 Å². The van der Waals surface area contributed by atoms with Crippen LogP contribution in [-0.2, 0) is 23.1 Å². The van der Waals surface area contributed by atoms with E-state index in [0.29, 0.717) is 29.2 Å². The Labute approximate surface area is 217 Å². The van der Waals surface area contributed by atoms with Crippen LogP contribution in [-0.4, -0.2) is 51.5 Å². The van der Waals surface area contributed by atoms with Crippen molar-refractivity contribution in [2.24, 2.45) is 12.8 Å². The van der Waals surface area contributed by atoms with Gasteiger partial charge in [-0.15, -0.1) is 0 Å². The molecule has 4 aromatic rings. The molecule has 0 bridgehead atoms. The van der Waals surface area contributed by atoms with E-state index >= 15 is 0 Å². The van der Waals surface area contributed by atoms with Crippen molar-refractivity contribution < 1.29 is 23.5 Å². The fraction of sp³-hybridized carbons (Fsp3) is 0.308. The van der Waals surface area contributed by atoms with Crippen molar-refractivity contribution in [2.45, 2.75) is 31.7 Å². The topological polar surface area (TPSA) is 153 Å². The van der Waals surface area contributed by atoms with Gasteiger partial charge in [0.05, 0.1) is 13.3 Å². The van der Waals surface area contributed by atoms with Crippen LogP contribution in [0.1, 0.15) is 34.5 Å². The molecule has 1 aromatic carbocycles. The van der Waals surface area contributed by atoms with Crippen LogP contribution in [0.3, 0.4) is 0 Å². The number of carbonyl (C=O) groups excluding carboxylic acids is 2. The average Bonchev–Trinajstić information content (AvgIpc) is 3.51. The molecule has 3 amide bonds. The van der Waals surface area contributed by atoms with Gasteiger partial charge in [-0.2, -0.15) is 5.10 Å². The number of imide groups is 1.